The van der Waals surface area contributed by atoms with Crippen LogP contribution in [0.15, 0.2) is 54.6 Å². The van der Waals surface area contributed by atoms with Crippen LogP contribution in [0.5, 0.6) is 11.5 Å². The van der Waals surface area contributed by atoms with Gasteiger partial charge in [0, 0.05) is 17.2 Å². The maximum absolute atomic E-state index is 14.7. The molecule has 8 nitrogen and oxygen atoms in total. The topological polar surface area (TPSA) is 105 Å². The van der Waals surface area contributed by atoms with Gasteiger partial charge in [0.25, 0.3) is 0 Å². The summed E-state index contributed by atoms with van der Waals surface area (Å²) in [6.07, 6.45) is 8.37. The largest absolute Gasteiger partial charge is 0.497 e. The average molecular weight is 715 g/mol. The van der Waals surface area contributed by atoms with Crippen molar-refractivity contribution < 1.29 is 49.6 Å². The number of carbonyl (C=O) groups is 2. The minimum absolute atomic E-state index is 0.126. The van der Waals surface area contributed by atoms with Crippen molar-refractivity contribution >= 4 is 33.2 Å². The first-order valence-electron chi connectivity index (χ1n) is 15.8. The van der Waals surface area contributed by atoms with Crippen molar-refractivity contribution in [2.75, 3.05) is 27.6 Å². The first kappa shape index (κ1) is 38.2. The molecule has 0 atom stereocenters. The molecule has 3 aromatic rings. The van der Waals surface area contributed by atoms with Crippen molar-refractivity contribution in [3.63, 3.8) is 0 Å². The van der Waals surface area contributed by atoms with Crippen LogP contribution >= 0.6 is 0 Å². The smallest absolute Gasteiger partial charge is 0.340 e. The van der Waals surface area contributed by atoms with Crippen LogP contribution in [-0.2, 0) is 19.6 Å². The molecule has 0 aliphatic heterocycles. The highest BCUT2D eigenvalue weighted by Crippen LogP contribution is 2.49. The number of methoxy groups -OCH3 is 3. The molecular weight excluding hydrogens is 673 g/mol. The Hall–Kier alpha value is -4.58. The van der Waals surface area contributed by atoms with Crippen molar-refractivity contribution in [1.29, 1.82) is 0 Å². The summed E-state index contributed by atoms with van der Waals surface area (Å²) in [6.45, 7) is 8.16. The van der Waals surface area contributed by atoms with Crippen molar-refractivity contribution in [2.24, 2.45) is 10.8 Å². The Morgan fingerprint density at radius 3 is 1.62 bits per heavy atom. The molecule has 5 rings (SSSR count). The lowest BCUT2D eigenvalue weighted by molar-refractivity contribution is 0.0586. The van der Waals surface area contributed by atoms with Gasteiger partial charge in [0.15, 0.2) is 5.75 Å². The lowest BCUT2D eigenvalue weighted by atomic mass is 9.79. The van der Waals surface area contributed by atoms with Gasteiger partial charge in [0.2, 0.25) is 0 Å². The van der Waals surface area contributed by atoms with Gasteiger partial charge in [0.05, 0.1) is 38.7 Å². The third-order valence-corrected chi connectivity index (χ3v) is 9.45. The molecule has 0 saturated carbocycles. The van der Waals surface area contributed by atoms with Crippen LogP contribution in [0.2, 0.25) is 0 Å². The van der Waals surface area contributed by atoms with Crippen molar-refractivity contribution in [1.82, 2.24) is 0 Å². The molecule has 0 N–H and O–H groups in total. The normalized spacial score (nSPS) is 16.1. The first-order valence-corrected chi connectivity index (χ1v) is 17.6. The van der Waals surface area contributed by atoms with Crippen LogP contribution in [0, 0.1) is 28.3 Å². The Bertz CT molecular complexity index is 1990. The summed E-state index contributed by atoms with van der Waals surface area (Å²) in [5, 5.41) is 0. The number of benzene rings is 3. The number of hydrogen-bond donors (Lipinski definition) is 0. The van der Waals surface area contributed by atoms with Gasteiger partial charge >= 0.3 is 22.1 Å². The van der Waals surface area contributed by atoms with Gasteiger partial charge in [-0.2, -0.15) is 8.42 Å². The maximum atomic E-state index is 14.7. The Morgan fingerprint density at radius 1 is 0.660 bits per heavy atom. The molecule has 0 saturated heterocycles. The Kier molecular flexibility index (Phi) is 11.3. The third kappa shape index (κ3) is 8.23. The second-order valence-electron chi connectivity index (χ2n) is 13.4. The SMILES string of the molecule is COC(=O)c1cc(C2=CCCC2(C)C)c(-c2cc(OC)ccc2F)cc1F.COC(=O)c1cc(C2=CCCC2(C)C)c(OS(C)(=O)=O)cc1F. The number of halogens is 3. The van der Waals surface area contributed by atoms with E-state index in [2.05, 4.69) is 24.7 Å². The molecule has 2 aliphatic carbocycles. The zero-order valence-electron chi connectivity index (χ0n) is 29.3. The average Bonchev–Trinajstić information content (AvgIpc) is 3.59. The van der Waals surface area contributed by atoms with E-state index in [4.69, 9.17) is 13.7 Å². The van der Waals surface area contributed by atoms with Crippen LogP contribution in [0.25, 0.3) is 22.3 Å². The fraction of sp³-hybridized carbons (Fsp3) is 0.368. The number of ether oxygens (including phenoxy) is 3. The number of rotatable bonds is 8. The Morgan fingerprint density at radius 2 is 1.16 bits per heavy atom. The number of carbonyl (C=O) groups excluding carboxylic acids is 2. The number of esters is 2. The van der Waals surface area contributed by atoms with E-state index in [0.717, 1.165) is 56.3 Å². The summed E-state index contributed by atoms with van der Waals surface area (Å²) in [6, 6.07) is 9.21. The molecule has 0 unspecified atom stereocenters. The van der Waals surface area contributed by atoms with E-state index in [1.165, 1.54) is 50.6 Å². The predicted octanol–water partition coefficient (Wildman–Crippen LogP) is 8.78. The van der Waals surface area contributed by atoms with Gasteiger partial charge in [-0.25, -0.2) is 22.8 Å². The third-order valence-electron chi connectivity index (χ3n) is 8.97. The number of allylic oxidation sites excluding steroid dienone is 4. The van der Waals surface area contributed by atoms with Crippen molar-refractivity contribution in [3.8, 4) is 22.6 Å². The fourth-order valence-corrected chi connectivity index (χ4v) is 6.78. The van der Waals surface area contributed by atoms with E-state index >= 15 is 0 Å². The molecule has 0 fully saturated rings. The Balaban J connectivity index is 0.000000228. The summed E-state index contributed by atoms with van der Waals surface area (Å²) >= 11 is 0. The highest BCUT2D eigenvalue weighted by molar-refractivity contribution is 7.86. The maximum Gasteiger partial charge on any atom is 0.340 e. The molecule has 0 bridgehead atoms. The molecule has 0 heterocycles. The van der Waals surface area contributed by atoms with Gasteiger partial charge in [-0.05, 0) is 95.2 Å². The standard InChI is InChI=1S/C22H22F2O3.C16H19FO5S/c1-22(2)9-5-6-18(22)15-11-17(21(25)27-4)20(24)12-14(15)16-10-13(26-3)7-8-19(16)23;1-16(2)7-5-6-12(16)10-8-11(15(18)21-3)13(17)9-14(10)22-23(4,19)20/h6-8,10-12H,5,9H2,1-4H3;6,8-9H,5,7H2,1-4H3. The van der Waals surface area contributed by atoms with E-state index in [-0.39, 0.29) is 33.3 Å². The van der Waals surface area contributed by atoms with Crippen molar-refractivity contribution in [2.45, 2.75) is 53.4 Å². The molecule has 12 heteroatoms. The summed E-state index contributed by atoms with van der Waals surface area (Å²) in [7, 11) is 0.0137. The summed E-state index contributed by atoms with van der Waals surface area (Å²) in [5.41, 5.74) is 2.59. The van der Waals surface area contributed by atoms with Gasteiger partial charge in [-0.15, -0.1) is 0 Å². The van der Waals surface area contributed by atoms with Crippen LogP contribution in [0.3, 0.4) is 0 Å². The highest BCUT2D eigenvalue weighted by atomic mass is 32.2. The fourth-order valence-electron chi connectivity index (χ4n) is 6.31. The second kappa shape index (κ2) is 14.7. The molecule has 0 radical (unpaired) electrons. The van der Waals surface area contributed by atoms with E-state index in [0.29, 0.717) is 22.4 Å². The summed E-state index contributed by atoms with van der Waals surface area (Å²) in [4.78, 5) is 23.7. The first-order chi connectivity index (χ1) is 23.3. The minimum atomic E-state index is -3.83. The quantitative estimate of drug-likeness (QED) is 0.169. The molecule has 50 heavy (non-hydrogen) atoms. The summed E-state index contributed by atoms with van der Waals surface area (Å²) < 4.78 is 85.7. The van der Waals surface area contributed by atoms with Crippen LogP contribution in [-0.4, -0.2) is 47.9 Å². The predicted molar refractivity (Wildman–Crippen MR) is 185 cm³/mol. The monoisotopic (exact) mass is 714 g/mol. The summed E-state index contributed by atoms with van der Waals surface area (Å²) in [5.74, 6) is -3.38. The zero-order chi connectivity index (χ0) is 37.2. The highest BCUT2D eigenvalue weighted by Gasteiger charge is 2.33. The van der Waals surface area contributed by atoms with E-state index in [1.807, 2.05) is 19.9 Å². The van der Waals surface area contributed by atoms with E-state index < -0.39 is 39.5 Å². The van der Waals surface area contributed by atoms with Gasteiger partial charge < -0.3 is 18.4 Å². The Labute approximate surface area is 291 Å². The van der Waals surface area contributed by atoms with Crippen LogP contribution < -0.4 is 8.92 Å². The molecule has 2 aliphatic rings. The molecule has 0 spiro atoms. The van der Waals surface area contributed by atoms with E-state index in [1.54, 1.807) is 0 Å². The molecule has 268 valence electrons. The molecule has 0 aromatic heterocycles. The molecule has 0 amide bonds. The zero-order valence-corrected chi connectivity index (χ0v) is 30.1. The lowest BCUT2D eigenvalue weighted by Crippen LogP contribution is -2.14. The second-order valence-corrected chi connectivity index (χ2v) is 15.0. The van der Waals surface area contributed by atoms with Crippen LogP contribution in [0.1, 0.15) is 85.2 Å². The van der Waals surface area contributed by atoms with Crippen molar-refractivity contribution in [3.05, 3.63) is 94.3 Å². The molecular formula is C38H41F3O8S. The van der Waals surface area contributed by atoms with Crippen LogP contribution in [0.4, 0.5) is 13.2 Å². The minimum Gasteiger partial charge on any atom is -0.497 e. The lowest BCUT2D eigenvalue weighted by Gasteiger charge is -2.25. The molecule has 3 aromatic carbocycles. The van der Waals surface area contributed by atoms with Gasteiger partial charge in [-0.3, -0.25) is 0 Å². The van der Waals surface area contributed by atoms with Gasteiger partial charge in [-0.1, -0.05) is 39.8 Å². The van der Waals surface area contributed by atoms with Gasteiger partial charge in [0.1, 0.15) is 23.2 Å². The number of hydrogen-bond acceptors (Lipinski definition) is 8. The van der Waals surface area contributed by atoms with E-state index in [9.17, 15) is 31.2 Å².